The lowest BCUT2D eigenvalue weighted by Crippen LogP contribution is -2.44. The van der Waals surface area contributed by atoms with Gasteiger partial charge in [0.15, 0.2) is 0 Å². The minimum absolute atomic E-state index is 0.0471. The molecule has 1 atom stereocenters. The highest BCUT2D eigenvalue weighted by atomic mass is 32.1. The summed E-state index contributed by atoms with van der Waals surface area (Å²) in [4.78, 5) is 6.67. The summed E-state index contributed by atoms with van der Waals surface area (Å²) in [6.45, 7) is 2.59. The molecule has 1 saturated heterocycles. The third-order valence-corrected chi connectivity index (χ3v) is 5.37. The van der Waals surface area contributed by atoms with Crippen LogP contribution in [0.25, 0.3) is 11.1 Å². The van der Waals surface area contributed by atoms with Crippen molar-refractivity contribution in [3.63, 3.8) is 0 Å². The highest BCUT2D eigenvalue weighted by Crippen LogP contribution is 2.38. The van der Waals surface area contributed by atoms with Crippen molar-refractivity contribution in [1.82, 2.24) is 5.06 Å². The van der Waals surface area contributed by atoms with E-state index in [1.807, 2.05) is 17.5 Å². The van der Waals surface area contributed by atoms with Crippen molar-refractivity contribution in [3.05, 3.63) is 45.9 Å². The lowest BCUT2D eigenvalue weighted by molar-refractivity contribution is -0.118. The van der Waals surface area contributed by atoms with Crippen LogP contribution in [0, 0.1) is 22.6 Å². The van der Waals surface area contributed by atoms with Crippen molar-refractivity contribution in [3.8, 4) is 17.2 Å². The third-order valence-electron chi connectivity index (χ3n) is 4.13. The molecule has 0 saturated carbocycles. The van der Waals surface area contributed by atoms with Gasteiger partial charge >= 0.3 is 0 Å². The Bertz CT molecular complexity index is 810. The molecule has 1 fully saturated rings. The van der Waals surface area contributed by atoms with E-state index in [0.29, 0.717) is 18.9 Å². The van der Waals surface area contributed by atoms with Gasteiger partial charge in [-0.2, -0.15) is 5.26 Å². The average Bonchev–Trinajstić information content (AvgIpc) is 3.03. The predicted octanol–water partition coefficient (Wildman–Crippen LogP) is 3.93. The summed E-state index contributed by atoms with van der Waals surface area (Å²) in [6, 6.07) is 8.48. The fourth-order valence-electron chi connectivity index (χ4n) is 2.60. The molecule has 23 heavy (non-hydrogen) atoms. The first-order valence-corrected chi connectivity index (χ1v) is 8.04. The number of rotatable bonds is 2. The lowest BCUT2D eigenvalue weighted by Gasteiger charge is -2.37. The summed E-state index contributed by atoms with van der Waals surface area (Å²) in [7, 11) is 1.74. The van der Waals surface area contributed by atoms with Gasteiger partial charge in [0.05, 0.1) is 12.2 Å². The molecule has 0 aliphatic carbocycles. The Hall–Kier alpha value is -2.23. The van der Waals surface area contributed by atoms with E-state index in [9.17, 15) is 4.39 Å². The molecule has 1 aromatic carbocycles. The predicted molar refractivity (Wildman–Crippen MR) is 87.8 cm³/mol. The van der Waals surface area contributed by atoms with Crippen LogP contribution in [0.4, 0.5) is 4.39 Å². The van der Waals surface area contributed by atoms with E-state index in [2.05, 4.69) is 6.92 Å². The normalized spacial score (nSPS) is 21.3. The second-order valence-corrected chi connectivity index (χ2v) is 6.87. The number of thiophene rings is 1. The molecule has 0 bridgehead atoms. The Labute approximate surface area is 138 Å². The average molecular weight is 329 g/mol. The topological polar surface area (TPSA) is 60.1 Å². The first-order valence-electron chi connectivity index (χ1n) is 7.16. The molecule has 0 spiro atoms. The van der Waals surface area contributed by atoms with Crippen LogP contribution in [0.15, 0.2) is 29.6 Å². The van der Waals surface area contributed by atoms with Gasteiger partial charge in [0.2, 0.25) is 0 Å². The van der Waals surface area contributed by atoms with E-state index in [0.717, 1.165) is 16.0 Å². The van der Waals surface area contributed by atoms with Crippen LogP contribution in [-0.4, -0.2) is 24.6 Å². The zero-order valence-electron chi connectivity index (χ0n) is 12.9. The number of nitrogens with zero attached hydrogens (tertiary/aromatic N) is 2. The Morgan fingerprint density at radius 2 is 2.17 bits per heavy atom. The standard InChI is InChI=1S/C17H16FN3OS/c1-17(7-16(20)21(2)22-10-17)15-6-13(9-23-15)11-3-4-14(18)12(5-11)8-19/h3-6,9,20H,7,10H2,1-2H3. The number of benzene rings is 1. The van der Waals surface area contributed by atoms with Crippen molar-refractivity contribution in [2.75, 3.05) is 13.7 Å². The molecular weight excluding hydrogens is 313 g/mol. The van der Waals surface area contributed by atoms with E-state index in [-0.39, 0.29) is 11.0 Å². The summed E-state index contributed by atoms with van der Waals surface area (Å²) >= 11 is 1.60. The van der Waals surface area contributed by atoms with E-state index in [1.165, 1.54) is 11.1 Å². The lowest BCUT2D eigenvalue weighted by atomic mass is 9.84. The molecule has 1 aliphatic heterocycles. The number of amidine groups is 1. The molecule has 1 N–H and O–H groups in total. The SMILES string of the molecule is CN1OCC(C)(c2cc(-c3ccc(F)c(C#N)c3)cs2)CC1=N. The monoisotopic (exact) mass is 329 g/mol. The molecule has 1 aliphatic rings. The first kappa shape index (κ1) is 15.7. The highest BCUT2D eigenvalue weighted by molar-refractivity contribution is 7.10. The first-order chi connectivity index (χ1) is 10.9. The van der Waals surface area contributed by atoms with Crippen LogP contribution < -0.4 is 0 Å². The fraction of sp³-hybridized carbons (Fsp3) is 0.294. The van der Waals surface area contributed by atoms with Crippen LogP contribution in [-0.2, 0) is 10.3 Å². The summed E-state index contributed by atoms with van der Waals surface area (Å²) in [5.74, 6) is -0.0573. The molecular formula is C17H16FN3OS. The van der Waals surface area contributed by atoms with Gasteiger partial charge in [-0.3, -0.25) is 10.2 Å². The van der Waals surface area contributed by atoms with Crippen molar-refractivity contribution in [1.29, 1.82) is 10.7 Å². The van der Waals surface area contributed by atoms with Gasteiger partial charge in [0, 0.05) is 23.8 Å². The van der Waals surface area contributed by atoms with Crippen molar-refractivity contribution in [2.45, 2.75) is 18.8 Å². The molecule has 0 radical (unpaired) electrons. The Balaban J connectivity index is 1.92. The number of nitrogens with one attached hydrogen (secondary N) is 1. The summed E-state index contributed by atoms with van der Waals surface area (Å²) in [6.07, 6.45) is 0.607. The van der Waals surface area contributed by atoms with Gasteiger partial charge in [-0.15, -0.1) is 11.3 Å². The Kier molecular flexibility index (Phi) is 3.92. The number of nitriles is 1. The Morgan fingerprint density at radius 3 is 2.87 bits per heavy atom. The Morgan fingerprint density at radius 1 is 1.39 bits per heavy atom. The quantitative estimate of drug-likeness (QED) is 0.908. The second kappa shape index (κ2) is 5.76. The number of hydroxylamine groups is 2. The highest BCUT2D eigenvalue weighted by Gasteiger charge is 2.36. The van der Waals surface area contributed by atoms with Gasteiger partial charge in [-0.05, 0) is 34.7 Å². The van der Waals surface area contributed by atoms with Crippen molar-refractivity contribution in [2.24, 2.45) is 0 Å². The molecule has 0 amide bonds. The van der Waals surface area contributed by atoms with Crippen molar-refractivity contribution >= 4 is 17.2 Å². The van der Waals surface area contributed by atoms with E-state index in [1.54, 1.807) is 30.5 Å². The second-order valence-electron chi connectivity index (χ2n) is 5.96. The molecule has 1 unspecified atom stereocenters. The number of hydrogen-bond donors (Lipinski definition) is 1. The maximum atomic E-state index is 13.5. The van der Waals surface area contributed by atoms with Crippen LogP contribution in [0.5, 0.6) is 0 Å². The molecule has 2 heterocycles. The van der Waals surface area contributed by atoms with Gasteiger partial charge in [0.25, 0.3) is 0 Å². The van der Waals surface area contributed by atoms with Crippen molar-refractivity contribution < 1.29 is 9.23 Å². The summed E-state index contributed by atoms with van der Waals surface area (Å²) in [5, 5.41) is 20.4. The molecule has 1 aromatic heterocycles. The van der Waals surface area contributed by atoms with E-state index >= 15 is 0 Å². The maximum Gasteiger partial charge on any atom is 0.140 e. The third kappa shape index (κ3) is 2.85. The molecule has 118 valence electrons. The summed E-state index contributed by atoms with van der Waals surface area (Å²) < 4.78 is 13.5. The van der Waals surface area contributed by atoms with Gasteiger partial charge in [-0.1, -0.05) is 13.0 Å². The van der Waals surface area contributed by atoms with E-state index < -0.39 is 5.82 Å². The molecule has 6 heteroatoms. The van der Waals surface area contributed by atoms with Gasteiger partial charge in [-0.25, -0.2) is 9.45 Å². The molecule has 2 aromatic rings. The van der Waals surface area contributed by atoms with Crippen LogP contribution in [0.3, 0.4) is 0 Å². The maximum absolute atomic E-state index is 13.5. The number of hydrogen-bond acceptors (Lipinski definition) is 4. The zero-order chi connectivity index (χ0) is 16.6. The van der Waals surface area contributed by atoms with Crippen LogP contribution in [0.1, 0.15) is 23.8 Å². The van der Waals surface area contributed by atoms with Crippen LogP contribution in [0.2, 0.25) is 0 Å². The van der Waals surface area contributed by atoms with Gasteiger partial charge in [0.1, 0.15) is 17.7 Å². The minimum atomic E-state index is -0.504. The summed E-state index contributed by atoms with van der Waals surface area (Å²) in [5.41, 5.74) is 1.57. The largest absolute Gasteiger partial charge is 0.287 e. The molecule has 4 nitrogen and oxygen atoms in total. The van der Waals surface area contributed by atoms with Gasteiger partial charge < -0.3 is 0 Å². The molecule has 3 rings (SSSR count). The van der Waals surface area contributed by atoms with E-state index in [4.69, 9.17) is 15.5 Å². The smallest absolute Gasteiger partial charge is 0.140 e. The zero-order valence-corrected chi connectivity index (χ0v) is 13.7. The van der Waals surface area contributed by atoms with Crippen LogP contribution >= 0.6 is 11.3 Å². The number of halogens is 1. The fourth-order valence-corrected chi connectivity index (χ4v) is 3.67. The minimum Gasteiger partial charge on any atom is -0.287 e.